The predicted molar refractivity (Wildman–Crippen MR) is 82.9 cm³/mol. The van der Waals surface area contributed by atoms with Gasteiger partial charge in [0.1, 0.15) is 11.4 Å². The van der Waals surface area contributed by atoms with Crippen LogP contribution in [0.25, 0.3) is 0 Å². The van der Waals surface area contributed by atoms with Crippen LogP contribution in [-0.2, 0) is 4.74 Å². The molecule has 1 aliphatic heterocycles. The molecule has 1 amide bonds. The van der Waals surface area contributed by atoms with Crippen molar-refractivity contribution in [1.82, 2.24) is 9.88 Å². The van der Waals surface area contributed by atoms with Gasteiger partial charge >= 0.3 is 6.09 Å². The molecule has 1 saturated heterocycles. The first-order valence-corrected chi connectivity index (χ1v) is 7.49. The molecule has 1 aliphatic rings. The molecule has 21 heavy (non-hydrogen) atoms. The normalized spacial score (nSPS) is 19.4. The quantitative estimate of drug-likeness (QED) is 0.860. The van der Waals surface area contributed by atoms with Crippen molar-refractivity contribution in [3.8, 4) is 0 Å². The Balaban J connectivity index is 2.24. The number of nitrogens with two attached hydrogens (primary N) is 1. The smallest absolute Gasteiger partial charge is 0.410 e. The minimum Gasteiger partial charge on any atom is -0.444 e. The highest BCUT2D eigenvalue weighted by Gasteiger charge is 2.32. The molecule has 0 unspecified atom stereocenters. The third-order valence-corrected chi connectivity index (χ3v) is 3.66. The van der Waals surface area contributed by atoms with E-state index in [4.69, 9.17) is 10.5 Å². The van der Waals surface area contributed by atoms with Crippen LogP contribution in [0.3, 0.4) is 0 Å². The van der Waals surface area contributed by atoms with Gasteiger partial charge in [-0.25, -0.2) is 9.78 Å². The summed E-state index contributed by atoms with van der Waals surface area (Å²) in [5, 5.41) is 0. The molecule has 0 aromatic carbocycles. The highest BCUT2D eigenvalue weighted by molar-refractivity contribution is 5.69. The topological polar surface area (TPSA) is 68.5 Å². The van der Waals surface area contributed by atoms with Crippen molar-refractivity contribution in [3.63, 3.8) is 0 Å². The van der Waals surface area contributed by atoms with E-state index in [1.54, 1.807) is 6.20 Å². The van der Waals surface area contributed by atoms with E-state index in [9.17, 15) is 4.79 Å². The van der Waals surface area contributed by atoms with Crippen LogP contribution in [0.2, 0.25) is 0 Å². The lowest BCUT2D eigenvalue weighted by Gasteiger charge is -2.37. The monoisotopic (exact) mass is 291 g/mol. The molecule has 5 nitrogen and oxygen atoms in total. The number of hydrogen-bond acceptors (Lipinski definition) is 4. The molecule has 2 N–H and O–H groups in total. The molecule has 1 atom stereocenters. The number of hydrogen-bond donors (Lipinski definition) is 1. The van der Waals surface area contributed by atoms with Crippen molar-refractivity contribution in [1.29, 1.82) is 0 Å². The Morgan fingerprint density at radius 2 is 2.14 bits per heavy atom. The molecule has 0 aliphatic carbocycles. The average molecular weight is 291 g/mol. The van der Waals surface area contributed by atoms with Crippen molar-refractivity contribution in [2.75, 3.05) is 12.3 Å². The number of piperidine rings is 1. The fourth-order valence-corrected chi connectivity index (χ4v) is 2.73. The lowest BCUT2D eigenvalue weighted by atomic mass is 9.94. The Hall–Kier alpha value is -1.78. The number of rotatable bonds is 1. The third-order valence-electron chi connectivity index (χ3n) is 3.66. The Kier molecular flexibility index (Phi) is 4.40. The molecule has 2 rings (SSSR count). The van der Waals surface area contributed by atoms with Gasteiger partial charge in [-0.3, -0.25) is 0 Å². The number of aryl methyl sites for hydroxylation is 1. The SMILES string of the molecule is Cc1cc(N)ncc1[C@H]1CCCCN1C(=O)OC(C)(C)C. The van der Waals surface area contributed by atoms with E-state index in [-0.39, 0.29) is 12.1 Å². The molecule has 1 aromatic heterocycles. The zero-order valence-corrected chi connectivity index (χ0v) is 13.3. The maximum absolute atomic E-state index is 12.4. The van der Waals surface area contributed by atoms with E-state index in [1.807, 2.05) is 38.7 Å². The number of anilines is 1. The average Bonchev–Trinajstić information content (AvgIpc) is 2.37. The zero-order valence-electron chi connectivity index (χ0n) is 13.3. The second-order valence-corrected chi connectivity index (χ2v) is 6.65. The van der Waals surface area contributed by atoms with Crippen LogP contribution in [0.15, 0.2) is 12.3 Å². The Labute approximate surface area is 126 Å². The van der Waals surface area contributed by atoms with Gasteiger partial charge in [0.15, 0.2) is 0 Å². The van der Waals surface area contributed by atoms with Crippen LogP contribution in [0, 0.1) is 6.92 Å². The number of carbonyl (C=O) groups excluding carboxylic acids is 1. The summed E-state index contributed by atoms with van der Waals surface area (Å²) in [6.45, 7) is 8.40. The van der Waals surface area contributed by atoms with E-state index in [0.29, 0.717) is 5.82 Å². The minimum absolute atomic E-state index is 0.0294. The molecule has 5 heteroatoms. The first kappa shape index (κ1) is 15.6. The van der Waals surface area contributed by atoms with Gasteiger partial charge in [0.05, 0.1) is 6.04 Å². The summed E-state index contributed by atoms with van der Waals surface area (Å²) in [6, 6.07) is 1.89. The van der Waals surface area contributed by atoms with Gasteiger partial charge in [-0.1, -0.05) is 0 Å². The molecule has 116 valence electrons. The number of ether oxygens (including phenoxy) is 1. The molecule has 1 aromatic rings. The number of aromatic nitrogens is 1. The minimum atomic E-state index is -0.479. The van der Waals surface area contributed by atoms with Crippen molar-refractivity contribution >= 4 is 11.9 Å². The number of carbonyl (C=O) groups is 1. The Morgan fingerprint density at radius 1 is 1.43 bits per heavy atom. The molecule has 0 spiro atoms. The van der Waals surface area contributed by atoms with Gasteiger partial charge in [0, 0.05) is 12.7 Å². The molecule has 0 radical (unpaired) electrons. The first-order chi connectivity index (χ1) is 9.78. The number of nitrogens with zero attached hydrogens (tertiary/aromatic N) is 2. The summed E-state index contributed by atoms with van der Waals surface area (Å²) in [4.78, 5) is 18.4. The lowest BCUT2D eigenvalue weighted by molar-refractivity contribution is 0.00943. The summed E-state index contributed by atoms with van der Waals surface area (Å²) >= 11 is 0. The number of nitrogen functional groups attached to an aromatic ring is 1. The summed E-state index contributed by atoms with van der Waals surface area (Å²) < 4.78 is 5.53. The van der Waals surface area contributed by atoms with Crippen LogP contribution in [0.4, 0.5) is 10.6 Å². The van der Waals surface area contributed by atoms with Crippen molar-refractivity contribution in [2.24, 2.45) is 0 Å². The maximum Gasteiger partial charge on any atom is 0.410 e. The van der Waals surface area contributed by atoms with Crippen LogP contribution >= 0.6 is 0 Å². The maximum atomic E-state index is 12.4. The van der Waals surface area contributed by atoms with Crippen LogP contribution in [-0.4, -0.2) is 28.1 Å². The zero-order chi connectivity index (χ0) is 15.6. The molecular formula is C16H25N3O2. The van der Waals surface area contributed by atoms with Gasteiger partial charge in [-0.15, -0.1) is 0 Å². The van der Waals surface area contributed by atoms with Crippen molar-refractivity contribution < 1.29 is 9.53 Å². The van der Waals surface area contributed by atoms with Gasteiger partial charge in [0.2, 0.25) is 0 Å². The highest BCUT2D eigenvalue weighted by Crippen LogP contribution is 2.33. The second kappa shape index (κ2) is 5.92. The van der Waals surface area contributed by atoms with Crippen LogP contribution < -0.4 is 5.73 Å². The summed E-state index contributed by atoms with van der Waals surface area (Å²) in [6.07, 6.45) is 4.60. The van der Waals surface area contributed by atoms with Gasteiger partial charge in [0.25, 0.3) is 0 Å². The van der Waals surface area contributed by atoms with Gasteiger partial charge in [-0.05, 0) is 64.2 Å². The van der Waals surface area contributed by atoms with Crippen LogP contribution in [0.1, 0.15) is 57.2 Å². The number of pyridine rings is 1. The Bertz CT molecular complexity index is 523. The first-order valence-electron chi connectivity index (χ1n) is 7.49. The van der Waals surface area contributed by atoms with E-state index < -0.39 is 5.60 Å². The lowest BCUT2D eigenvalue weighted by Crippen LogP contribution is -2.42. The Morgan fingerprint density at radius 3 is 2.76 bits per heavy atom. The van der Waals surface area contributed by atoms with E-state index in [0.717, 1.165) is 36.9 Å². The fraction of sp³-hybridized carbons (Fsp3) is 0.625. The van der Waals surface area contributed by atoms with Gasteiger partial charge in [-0.2, -0.15) is 0 Å². The largest absolute Gasteiger partial charge is 0.444 e. The van der Waals surface area contributed by atoms with Gasteiger partial charge < -0.3 is 15.4 Å². The number of amides is 1. The van der Waals surface area contributed by atoms with E-state index >= 15 is 0 Å². The third kappa shape index (κ3) is 3.86. The summed E-state index contributed by atoms with van der Waals surface area (Å²) in [7, 11) is 0. The second-order valence-electron chi connectivity index (χ2n) is 6.65. The van der Waals surface area contributed by atoms with Crippen LogP contribution in [0.5, 0.6) is 0 Å². The molecule has 0 saturated carbocycles. The highest BCUT2D eigenvalue weighted by atomic mass is 16.6. The van der Waals surface area contributed by atoms with E-state index in [2.05, 4.69) is 4.98 Å². The van der Waals surface area contributed by atoms with Crippen molar-refractivity contribution in [2.45, 2.75) is 58.6 Å². The molecular weight excluding hydrogens is 266 g/mol. The van der Waals surface area contributed by atoms with Crippen molar-refractivity contribution in [3.05, 3.63) is 23.4 Å². The standard InChI is InChI=1S/C16H25N3O2/c1-11-9-14(17)18-10-12(11)13-7-5-6-8-19(13)15(20)21-16(2,3)4/h9-10,13H,5-8H2,1-4H3,(H2,17,18)/t13-/m1/s1. The molecule has 2 heterocycles. The number of likely N-dealkylation sites (tertiary alicyclic amines) is 1. The summed E-state index contributed by atoms with van der Waals surface area (Å²) in [5.41, 5.74) is 7.38. The molecule has 0 bridgehead atoms. The predicted octanol–water partition coefficient (Wildman–Crippen LogP) is 3.43. The van der Waals surface area contributed by atoms with E-state index in [1.165, 1.54) is 0 Å². The summed E-state index contributed by atoms with van der Waals surface area (Å²) in [5.74, 6) is 0.510. The molecule has 1 fully saturated rings. The fourth-order valence-electron chi connectivity index (χ4n) is 2.73.